The largest absolute Gasteiger partial charge is 0.379 e. The van der Waals surface area contributed by atoms with E-state index < -0.39 is 0 Å². The Morgan fingerprint density at radius 1 is 1.31 bits per heavy atom. The number of aryl methyl sites for hydroxylation is 1. The zero-order valence-electron chi connectivity index (χ0n) is 18.5. The summed E-state index contributed by atoms with van der Waals surface area (Å²) in [5.41, 5.74) is 1.64. The van der Waals surface area contributed by atoms with E-state index in [1.54, 1.807) is 17.2 Å². The third kappa shape index (κ3) is 4.59. The first-order valence-corrected chi connectivity index (χ1v) is 11.9. The molecule has 1 N–H and O–H groups in total. The lowest BCUT2D eigenvalue weighted by atomic mass is 10.2. The zero-order chi connectivity index (χ0) is 22.8. The Kier molecular flexibility index (Phi) is 6.94. The van der Waals surface area contributed by atoms with E-state index in [9.17, 15) is 9.59 Å². The van der Waals surface area contributed by atoms with Gasteiger partial charge in [-0.3, -0.25) is 23.8 Å². The van der Waals surface area contributed by atoms with Gasteiger partial charge in [0.25, 0.3) is 11.5 Å². The normalized spacial score (nSPS) is 19.0. The van der Waals surface area contributed by atoms with Crippen molar-refractivity contribution in [1.29, 1.82) is 0 Å². The third-order valence-corrected chi connectivity index (χ3v) is 6.85. The van der Waals surface area contributed by atoms with Crippen molar-refractivity contribution in [3.8, 4) is 0 Å². The summed E-state index contributed by atoms with van der Waals surface area (Å²) < 4.78 is 7.43. The fourth-order valence-electron chi connectivity index (χ4n) is 3.79. The number of nitrogens with one attached hydrogen (secondary N) is 1. The molecule has 0 atom stereocenters. The van der Waals surface area contributed by atoms with Crippen molar-refractivity contribution in [2.45, 2.75) is 26.8 Å². The Hall–Kier alpha value is -2.27. The third-order valence-electron chi connectivity index (χ3n) is 5.52. The summed E-state index contributed by atoms with van der Waals surface area (Å²) in [5, 5.41) is 3.34. The number of nitrogens with zero attached hydrogens (tertiary/aromatic N) is 4. The molecule has 8 nitrogen and oxygen atoms in total. The molecule has 2 saturated heterocycles. The maximum absolute atomic E-state index is 13.4. The Balaban J connectivity index is 1.70. The molecule has 2 fully saturated rings. The van der Waals surface area contributed by atoms with Crippen LogP contribution in [0, 0.1) is 6.92 Å². The van der Waals surface area contributed by atoms with Gasteiger partial charge < -0.3 is 10.1 Å². The highest BCUT2D eigenvalue weighted by molar-refractivity contribution is 8.26. The zero-order valence-corrected chi connectivity index (χ0v) is 20.1. The Bertz CT molecular complexity index is 1140. The number of thioether (sulfide) groups is 1. The van der Waals surface area contributed by atoms with Crippen molar-refractivity contribution in [3.05, 3.63) is 44.7 Å². The van der Waals surface area contributed by atoms with E-state index in [2.05, 4.69) is 10.2 Å². The highest BCUT2D eigenvalue weighted by Gasteiger charge is 2.34. The number of hydrogen-bond donors (Lipinski definition) is 1. The first kappa shape index (κ1) is 22.9. The minimum absolute atomic E-state index is 0.0435. The molecule has 2 aromatic rings. The van der Waals surface area contributed by atoms with Crippen molar-refractivity contribution in [2.24, 2.45) is 0 Å². The minimum atomic E-state index is -0.220. The number of pyridine rings is 1. The van der Waals surface area contributed by atoms with E-state index >= 15 is 0 Å². The summed E-state index contributed by atoms with van der Waals surface area (Å²) in [5.74, 6) is 0.301. The average Bonchev–Trinajstić information content (AvgIpc) is 3.05. The molecule has 4 heterocycles. The lowest BCUT2D eigenvalue weighted by Gasteiger charge is -2.26. The van der Waals surface area contributed by atoms with Gasteiger partial charge in [0.15, 0.2) is 0 Å². The molecule has 2 aliphatic heterocycles. The number of amides is 1. The van der Waals surface area contributed by atoms with Crippen LogP contribution >= 0.6 is 24.0 Å². The smallest absolute Gasteiger partial charge is 0.267 e. The van der Waals surface area contributed by atoms with Crippen LogP contribution in [0.15, 0.2) is 28.0 Å². The first-order valence-electron chi connectivity index (χ1n) is 10.7. The second-order valence-corrected chi connectivity index (χ2v) is 9.77. The van der Waals surface area contributed by atoms with Crippen LogP contribution in [-0.2, 0) is 9.53 Å². The average molecular weight is 474 g/mol. The fraction of sp³-hybridized carbons (Fsp3) is 0.455. The lowest BCUT2D eigenvalue weighted by Crippen LogP contribution is -2.39. The van der Waals surface area contributed by atoms with Crippen molar-refractivity contribution in [2.75, 3.05) is 44.7 Å². The van der Waals surface area contributed by atoms with Gasteiger partial charge in [-0.15, -0.1) is 0 Å². The van der Waals surface area contributed by atoms with Crippen LogP contribution in [0.2, 0.25) is 0 Å². The number of carbonyl (C=O) groups excluding carboxylic acids is 1. The van der Waals surface area contributed by atoms with E-state index in [1.807, 2.05) is 32.9 Å². The predicted molar refractivity (Wildman–Crippen MR) is 132 cm³/mol. The van der Waals surface area contributed by atoms with E-state index in [1.165, 1.54) is 16.2 Å². The van der Waals surface area contributed by atoms with Gasteiger partial charge in [-0.1, -0.05) is 30.0 Å². The molecule has 2 aliphatic rings. The SMILES string of the molecule is Cc1cccn2c(=O)c(C=C3SC(=S)N(C(C)C)C3=O)c(NCCN3CCOCC3)nc12. The van der Waals surface area contributed by atoms with Crippen LogP contribution in [0.3, 0.4) is 0 Å². The second-order valence-electron chi connectivity index (χ2n) is 8.09. The highest BCUT2D eigenvalue weighted by atomic mass is 32.2. The van der Waals surface area contributed by atoms with Crippen LogP contribution in [0.4, 0.5) is 5.82 Å². The van der Waals surface area contributed by atoms with Crippen LogP contribution in [0.1, 0.15) is 25.0 Å². The molecule has 0 bridgehead atoms. The summed E-state index contributed by atoms with van der Waals surface area (Å²) in [6.07, 6.45) is 3.33. The number of ether oxygens (including phenoxy) is 1. The summed E-state index contributed by atoms with van der Waals surface area (Å²) in [6.45, 7) is 10.4. The fourth-order valence-corrected chi connectivity index (χ4v) is 5.30. The standard InChI is InChI=1S/C22H27N5O3S2/c1-14(2)27-21(29)17(32-22(27)31)13-16-18(23-6-8-25-9-11-30-12-10-25)24-19-15(3)5-4-7-26(19)20(16)28/h4-5,7,13-14,23H,6,8-12H2,1-3H3. The Morgan fingerprint density at radius 2 is 2.06 bits per heavy atom. The van der Waals surface area contributed by atoms with Crippen LogP contribution in [0.25, 0.3) is 11.7 Å². The topological polar surface area (TPSA) is 79.2 Å². The number of aromatic nitrogens is 2. The molecule has 4 rings (SSSR count). The van der Waals surface area contributed by atoms with Crippen molar-refractivity contribution < 1.29 is 9.53 Å². The van der Waals surface area contributed by atoms with Crippen LogP contribution in [0.5, 0.6) is 0 Å². The molecule has 0 aromatic carbocycles. The van der Waals surface area contributed by atoms with Gasteiger partial charge in [0.05, 0.1) is 23.7 Å². The lowest BCUT2D eigenvalue weighted by molar-refractivity contribution is -0.123. The van der Waals surface area contributed by atoms with E-state index in [0.29, 0.717) is 32.8 Å². The Labute approximate surface area is 196 Å². The van der Waals surface area contributed by atoms with Gasteiger partial charge >= 0.3 is 0 Å². The first-order chi connectivity index (χ1) is 15.4. The maximum atomic E-state index is 13.4. The van der Waals surface area contributed by atoms with E-state index in [0.717, 1.165) is 38.4 Å². The summed E-state index contributed by atoms with van der Waals surface area (Å²) in [6, 6.07) is 3.70. The summed E-state index contributed by atoms with van der Waals surface area (Å²) >= 11 is 6.61. The molecule has 2 aromatic heterocycles. The minimum Gasteiger partial charge on any atom is -0.379 e. The highest BCUT2D eigenvalue weighted by Crippen LogP contribution is 2.34. The monoisotopic (exact) mass is 473 g/mol. The molecule has 0 saturated carbocycles. The van der Waals surface area contributed by atoms with Gasteiger partial charge in [-0.2, -0.15) is 0 Å². The van der Waals surface area contributed by atoms with Gasteiger partial charge in [0.1, 0.15) is 15.8 Å². The Morgan fingerprint density at radius 3 is 2.75 bits per heavy atom. The molecule has 0 unspecified atom stereocenters. The molecule has 0 radical (unpaired) electrons. The van der Waals surface area contributed by atoms with Gasteiger partial charge in [0, 0.05) is 38.4 Å². The van der Waals surface area contributed by atoms with E-state index in [-0.39, 0.29) is 17.5 Å². The number of rotatable bonds is 6. The van der Waals surface area contributed by atoms with Crippen molar-refractivity contribution >= 4 is 51.7 Å². The number of hydrogen-bond acceptors (Lipinski definition) is 8. The predicted octanol–water partition coefficient (Wildman–Crippen LogP) is 2.36. The van der Waals surface area contributed by atoms with Crippen LogP contribution < -0.4 is 10.9 Å². The number of anilines is 1. The van der Waals surface area contributed by atoms with Gasteiger partial charge in [-0.05, 0) is 38.5 Å². The molecule has 170 valence electrons. The number of carbonyl (C=O) groups is 1. The van der Waals surface area contributed by atoms with Gasteiger partial charge in [0.2, 0.25) is 0 Å². The van der Waals surface area contributed by atoms with Crippen molar-refractivity contribution in [3.63, 3.8) is 0 Å². The molecule has 10 heteroatoms. The summed E-state index contributed by atoms with van der Waals surface area (Å²) in [4.78, 5) is 35.4. The number of fused-ring (bicyclic) bond motifs is 1. The van der Waals surface area contributed by atoms with E-state index in [4.69, 9.17) is 21.9 Å². The quantitative estimate of drug-likeness (QED) is 0.506. The molecule has 0 aliphatic carbocycles. The van der Waals surface area contributed by atoms with Crippen LogP contribution in [-0.4, -0.2) is 74.8 Å². The molecule has 0 spiro atoms. The van der Waals surface area contributed by atoms with Gasteiger partial charge in [-0.25, -0.2) is 4.98 Å². The number of morpholine rings is 1. The number of thiocarbonyl (C=S) groups is 1. The molecular formula is C22H27N5O3S2. The van der Waals surface area contributed by atoms with Crippen molar-refractivity contribution in [1.82, 2.24) is 19.2 Å². The molecule has 1 amide bonds. The molecule has 32 heavy (non-hydrogen) atoms. The summed E-state index contributed by atoms with van der Waals surface area (Å²) in [7, 11) is 0. The maximum Gasteiger partial charge on any atom is 0.267 e. The molecular weight excluding hydrogens is 446 g/mol. The second kappa shape index (κ2) is 9.70.